The molecule has 0 bridgehead atoms. The van der Waals surface area contributed by atoms with Crippen molar-refractivity contribution < 1.29 is 9.53 Å². The molecule has 2 aromatic rings. The van der Waals surface area contributed by atoms with Gasteiger partial charge in [0.05, 0.1) is 17.3 Å². The standard InChI is InChI=1S/C12H11Cl2N3O2/c1-2-19-12(18)10-11(15)17(6-16-10)9-5-7(13)3-4-8(9)14/h3-6H,2,15H2,1H3. The molecule has 7 heteroatoms. The van der Waals surface area contributed by atoms with Crippen molar-refractivity contribution >= 4 is 35.0 Å². The summed E-state index contributed by atoms with van der Waals surface area (Å²) in [6.45, 7) is 1.96. The smallest absolute Gasteiger partial charge is 0.360 e. The number of halogens is 2. The number of esters is 1. The van der Waals surface area contributed by atoms with E-state index in [9.17, 15) is 4.79 Å². The Balaban J connectivity index is 2.47. The predicted octanol–water partition coefficient (Wildman–Crippen LogP) is 2.94. The highest BCUT2D eigenvalue weighted by Crippen LogP contribution is 2.27. The Kier molecular flexibility index (Phi) is 3.97. The molecular weight excluding hydrogens is 289 g/mol. The minimum atomic E-state index is -0.572. The minimum Gasteiger partial charge on any atom is -0.461 e. The van der Waals surface area contributed by atoms with Crippen LogP contribution in [-0.2, 0) is 4.74 Å². The predicted molar refractivity (Wildman–Crippen MR) is 74.0 cm³/mol. The lowest BCUT2D eigenvalue weighted by Crippen LogP contribution is -2.09. The van der Waals surface area contributed by atoms with Gasteiger partial charge >= 0.3 is 5.97 Å². The summed E-state index contributed by atoms with van der Waals surface area (Å²) in [5.41, 5.74) is 6.49. The van der Waals surface area contributed by atoms with E-state index in [0.717, 1.165) is 0 Å². The first-order chi connectivity index (χ1) is 9.04. The van der Waals surface area contributed by atoms with Crippen LogP contribution >= 0.6 is 23.2 Å². The minimum absolute atomic E-state index is 0.0536. The largest absolute Gasteiger partial charge is 0.461 e. The van der Waals surface area contributed by atoms with E-state index in [0.29, 0.717) is 15.7 Å². The Labute approximate surface area is 119 Å². The number of benzene rings is 1. The molecule has 1 heterocycles. The summed E-state index contributed by atoms with van der Waals surface area (Å²) < 4.78 is 6.34. The number of ether oxygens (including phenoxy) is 1. The molecule has 0 unspecified atom stereocenters. The highest BCUT2D eigenvalue weighted by molar-refractivity contribution is 6.34. The Morgan fingerprint density at radius 3 is 2.89 bits per heavy atom. The van der Waals surface area contributed by atoms with Gasteiger partial charge in [0.15, 0.2) is 5.69 Å². The Morgan fingerprint density at radius 2 is 2.21 bits per heavy atom. The zero-order chi connectivity index (χ0) is 14.0. The van der Waals surface area contributed by atoms with Crippen molar-refractivity contribution in [2.24, 2.45) is 0 Å². The van der Waals surface area contributed by atoms with E-state index >= 15 is 0 Å². The third kappa shape index (κ3) is 2.67. The second kappa shape index (κ2) is 5.50. The van der Waals surface area contributed by atoms with E-state index in [2.05, 4.69) is 4.98 Å². The van der Waals surface area contributed by atoms with Crippen LogP contribution < -0.4 is 5.73 Å². The number of aromatic nitrogens is 2. The Morgan fingerprint density at radius 1 is 1.47 bits per heavy atom. The van der Waals surface area contributed by atoms with Crippen LogP contribution in [0.15, 0.2) is 24.5 Å². The number of carbonyl (C=O) groups excluding carboxylic acids is 1. The average molecular weight is 300 g/mol. The molecule has 0 radical (unpaired) electrons. The van der Waals surface area contributed by atoms with E-state index in [1.54, 1.807) is 25.1 Å². The van der Waals surface area contributed by atoms with Gasteiger partial charge in [-0.2, -0.15) is 0 Å². The van der Waals surface area contributed by atoms with Crippen molar-refractivity contribution in [2.75, 3.05) is 12.3 Å². The summed E-state index contributed by atoms with van der Waals surface area (Å²) in [6, 6.07) is 4.94. The third-order valence-corrected chi connectivity index (χ3v) is 3.00. The number of nitrogens with zero attached hydrogens (tertiary/aromatic N) is 2. The Hall–Kier alpha value is -1.72. The van der Waals surface area contributed by atoms with Gasteiger partial charge in [-0.1, -0.05) is 23.2 Å². The topological polar surface area (TPSA) is 70.1 Å². The lowest BCUT2D eigenvalue weighted by molar-refractivity contribution is 0.0521. The molecule has 0 saturated heterocycles. The molecule has 0 aliphatic rings. The summed E-state index contributed by atoms with van der Waals surface area (Å²) in [4.78, 5) is 15.6. The molecule has 0 aliphatic carbocycles. The fraction of sp³-hybridized carbons (Fsp3) is 0.167. The van der Waals surface area contributed by atoms with Gasteiger partial charge in [-0.3, -0.25) is 4.57 Å². The van der Waals surface area contributed by atoms with E-state index in [1.165, 1.54) is 10.9 Å². The molecule has 1 aromatic heterocycles. The van der Waals surface area contributed by atoms with Crippen molar-refractivity contribution in [1.29, 1.82) is 0 Å². The molecule has 2 N–H and O–H groups in total. The van der Waals surface area contributed by atoms with Gasteiger partial charge < -0.3 is 10.5 Å². The van der Waals surface area contributed by atoms with E-state index in [-0.39, 0.29) is 18.1 Å². The maximum absolute atomic E-state index is 11.6. The lowest BCUT2D eigenvalue weighted by Gasteiger charge is -2.08. The molecule has 100 valence electrons. The van der Waals surface area contributed by atoms with Crippen LogP contribution in [0.3, 0.4) is 0 Å². The zero-order valence-corrected chi connectivity index (χ0v) is 11.6. The van der Waals surface area contributed by atoms with Gasteiger partial charge in [0.1, 0.15) is 12.1 Å². The molecule has 0 saturated carbocycles. The van der Waals surface area contributed by atoms with Gasteiger partial charge in [0.2, 0.25) is 0 Å². The molecule has 0 amide bonds. The van der Waals surface area contributed by atoms with Crippen LogP contribution in [0.25, 0.3) is 5.69 Å². The summed E-state index contributed by atoms with van der Waals surface area (Å²) >= 11 is 12.0. The maximum Gasteiger partial charge on any atom is 0.360 e. The number of nitrogens with two attached hydrogens (primary N) is 1. The molecule has 19 heavy (non-hydrogen) atoms. The molecular formula is C12H11Cl2N3O2. The van der Waals surface area contributed by atoms with Crippen LogP contribution in [0.2, 0.25) is 10.0 Å². The van der Waals surface area contributed by atoms with Gasteiger partial charge in [0, 0.05) is 5.02 Å². The van der Waals surface area contributed by atoms with E-state index in [1.807, 2.05) is 0 Å². The number of rotatable bonds is 3. The monoisotopic (exact) mass is 299 g/mol. The van der Waals surface area contributed by atoms with E-state index in [4.69, 9.17) is 33.7 Å². The maximum atomic E-state index is 11.6. The van der Waals surface area contributed by atoms with Gasteiger partial charge in [-0.05, 0) is 25.1 Å². The third-order valence-electron chi connectivity index (χ3n) is 2.44. The summed E-state index contributed by atoms with van der Waals surface area (Å²) in [5, 5.41) is 0.953. The highest BCUT2D eigenvalue weighted by atomic mass is 35.5. The van der Waals surface area contributed by atoms with Crippen LogP contribution in [0.1, 0.15) is 17.4 Å². The van der Waals surface area contributed by atoms with Crippen molar-refractivity contribution in [3.05, 3.63) is 40.3 Å². The van der Waals surface area contributed by atoms with Gasteiger partial charge in [-0.25, -0.2) is 9.78 Å². The molecule has 0 fully saturated rings. The van der Waals surface area contributed by atoms with E-state index < -0.39 is 5.97 Å². The normalized spacial score (nSPS) is 10.5. The van der Waals surface area contributed by atoms with Gasteiger partial charge in [0.25, 0.3) is 0 Å². The van der Waals surface area contributed by atoms with Crippen LogP contribution in [0.4, 0.5) is 5.82 Å². The highest BCUT2D eigenvalue weighted by Gasteiger charge is 2.18. The first kappa shape index (κ1) is 13.7. The number of anilines is 1. The Bertz CT molecular complexity index is 625. The molecule has 5 nitrogen and oxygen atoms in total. The summed E-state index contributed by atoms with van der Waals surface area (Å²) in [5.74, 6) is -0.417. The van der Waals surface area contributed by atoms with Crippen molar-refractivity contribution in [1.82, 2.24) is 9.55 Å². The second-order valence-electron chi connectivity index (χ2n) is 3.66. The number of hydrogen-bond donors (Lipinski definition) is 1. The van der Waals surface area contributed by atoms with Crippen LogP contribution in [0, 0.1) is 0 Å². The summed E-state index contributed by atoms with van der Waals surface area (Å²) in [7, 11) is 0. The number of imidazole rings is 1. The van der Waals surface area contributed by atoms with Crippen molar-refractivity contribution in [2.45, 2.75) is 6.92 Å². The number of carbonyl (C=O) groups is 1. The first-order valence-corrected chi connectivity index (χ1v) is 6.25. The summed E-state index contributed by atoms with van der Waals surface area (Å²) in [6.07, 6.45) is 1.40. The van der Waals surface area contributed by atoms with Gasteiger partial charge in [-0.15, -0.1) is 0 Å². The molecule has 0 aliphatic heterocycles. The number of nitrogen functional groups attached to an aromatic ring is 1. The van der Waals surface area contributed by atoms with Crippen LogP contribution in [0.5, 0.6) is 0 Å². The fourth-order valence-corrected chi connectivity index (χ4v) is 1.95. The van der Waals surface area contributed by atoms with Crippen LogP contribution in [-0.4, -0.2) is 22.1 Å². The fourth-order valence-electron chi connectivity index (χ4n) is 1.58. The first-order valence-electron chi connectivity index (χ1n) is 5.50. The molecule has 0 atom stereocenters. The quantitative estimate of drug-likeness (QED) is 0.885. The second-order valence-corrected chi connectivity index (χ2v) is 4.51. The van der Waals surface area contributed by atoms with Crippen molar-refractivity contribution in [3.63, 3.8) is 0 Å². The molecule has 0 spiro atoms. The zero-order valence-electron chi connectivity index (χ0n) is 10.1. The molecule has 1 aromatic carbocycles. The average Bonchev–Trinajstić information content (AvgIpc) is 2.74. The SMILES string of the molecule is CCOC(=O)c1ncn(-c2cc(Cl)ccc2Cl)c1N. The van der Waals surface area contributed by atoms with Crippen molar-refractivity contribution in [3.8, 4) is 5.69 Å². The number of hydrogen-bond acceptors (Lipinski definition) is 4. The lowest BCUT2D eigenvalue weighted by atomic mass is 10.3. The molecule has 2 rings (SSSR count).